The molecule has 35 heavy (non-hydrogen) atoms. The number of carbonyl (C=O) groups excluding carboxylic acids is 1. The van der Waals surface area contributed by atoms with Crippen LogP contribution in [-0.4, -0.2) is 54.6 Å². The van der Waals surface area contributed by atoms with Gasteiger partial charge in [-0.3, -0.25) is 4.79 Å². The molecule has 2 aromatic carbocycles. The Bertz CT molecular complexity index is 1210. The second kappa shape index (κ2) is 9.58. The summed E-state index contributed by atoms with van der Waals surface area (Å²) in [7, 11) is -2.61. The number of rotatable bonds is 5. The zero-order valence-corrected chi connectivity index (χ0v) is 21.0. The third kappa shape index (κ3) is 4.98. The summed E-state index contributed by atoms with van der Waals surface area (Å²) in [6.07, 6.45) is 0.626. The minimum atomic E-state index is -4.18. The van der Waals surface area contributed by atoms with Crippen molar-refractivity contribution in [3.05, 3.63) is 53.8 Å². The Kier molecular flexibility index (Phi) is 7.03. The number of carbonyl (C=O) groups is 1. The maximum Gasteiger partial charge on any atom is 0.248 e. The van der Waals surface area contributed by atoms with E-state index in [0.717, 1.165) is 5.56 Å². The first-order valence-electron chi connectivity index (χ1n) is 12.0. The molecule has 4 rings (SSSR count). The summed E-state index contributed by atoms with van der Waals surface area (Å²) in [5, 5.41) is 0. The monoisotopic (exact) mass is 508 g/mol. The number of nitrogens with zero attached hydrogens (tertiary/aromatic N) is 2. The van der Waals surface area contributed by atoms with E-state index in [1.54, 1.807) is 39.1 Å². The number of aryl methyl sites for hydroxylation is 1. The zero-order chi connectivity index (χ0) is 25.5. The molecule has 1 saturated heterocycles. The fourth-order valence-corrected chi connectivity index (χ4v) is 7.32. The van der Waals surface area contributed by atoms with Gasteiger partial charge in [0.2, 0.25) is 21.9 Å². The summed E-state index contributed by atoms with van der Waals surface area (Å²) >= 11 is 0. The lowest BCUT2D eigenvalue weighted by atomic mass is 9.91. The van der Waals surface area contributed by atoms with Gasteiger partial charge in [0.25, 0.3) is 0 Å². The van der Waals surface area contributed by atoms with Gasteiger partial charge < -0.3 is 4.90 Å². The van der Waals surface area contributed by atoms with E-state index in [4.69, 9.17) is 0 Å². The first-order valence-corrected chi connectivity index (χ1v) is 13.4. The Labute approximate surface area is 205 Å². The van der Waals surface area contributed by atoms with E-state index in [-0.39, 0.29) is 53.7 Å². The molecule has 9 heteroatoms. The SMILES string of the molecule is Cc1ccc(S(=O)(=O)N2[C@@H](C)CC[C@H]2C(=O)N(C)C2CCC(F)(F)CC2)c(-c2ccccc2F)c1. The molecule has 2 aromatic rings. The highest BCUT2D eigenvalue weighted by Gasteiger charge is 2.47. The van der Waals surface area contributed by atoms with E-state index < -0.39 is 33.8 Å². The van der Waals surface area contributed by atoms with Gasteiger partial charge in [0.05, 0.1) is 4.90 Å². The van der Waals surface area contributed by atoms with Gasteiger partial charge in [0, 0.05) is 43.1 Å². The molecule has 0 spiro atoms. The minimum absolute atomic E-state index is 0.0558. The van der Waals surface area contributed by atoms with Crippen LogP contribution in [0.5, 0.6) is 0 Å². The standard InChI is InChI=1S/C26H31F3N2O3S/c1-17-8-11-24(21(16-17)20-6-4-5-7-22(20)27)35(33,34)31-18(2)9-10-23(31)25(32)30(3)19-12-14-26(28,29)15-13-19/h4-8,11,16,18-19,23H,9-10,12-15H2,1-3H3/t18-,23-/m0/s1. The molecule has 0 aromatic heterocycles. The van der Waals surface area contributed by atoms with Gasteiger partial charge in [0.15, 0.2) is 0 Å². The van der Waals surface area contributed by atoms with E-state index in [1.165, 1.54) is 33.5 Å². The number of halogens is 3. The van der Waals surface area contributed by atoms with Crippen LogP contribution in [0.4, 0.5) is 13.2 Å². The predicted molar refractivity (Wildman–Crippen MR) is 128 cm³/mol. The van der Waals surface area contributed by atoms with Crippen LogP contribution >= 0.6 is 0 Å². The van der Waals surface area contributed by atoms with Crippen LogP contribution in [0.25, 0.3) is 11.1 Å². The number of hydrogen-bond acceptors (Lipinski definition) is 3. The second-order valence-electron chi connectivity index (χ2n) is 9.79. The third-order valence-electron chi connectivity index (χ3n) is 7.32. The number of amides is 1. The van der Waals surface area contributed by atoms with Gasteiger partial charge in [-0.05, 0) is 57.7 Å². The average molecular weight is 509 g/mol. The lowest BCUT2D eigenvalue weighted by Crippen LogP contribution is -2.52. The van der Waals surface area contributed by atoms with Crippen molar-refractivity contribution in [3.8, 4) is 11.1 Å². The molecular weight excluding hydrogens is 477 g/mol. The van der Waals surface area contributed by atoms with Crippen molar-refractivity contribution < 1.29 is 26.4 Å². The van der Waals surface area contributed by atoms with Crippen LogP contribution in [0, 0.1) is 12.7 Å². The first-order chi connectivity index (χ1) is 16.4. The molecule has 0 N–H and O–H groups in total. The number of likely N-dealkylation sites (N-methyl/N-ethyl adjacent to an activating group) is 1. The highest BCUT2D eigenvalue weighted by Crippen LogP contribution is 2.39. The highest BCUT2D eigenvalue weighted by atomic mass is 32.2. The molecular formula is C26H31F3N2O3S. The zero-order valence-electron chi connectivity index (χ0n) is 20.2. The van der Waals surface area contributed by atoms with Crippen molar-refractivity contribution >= 4 is 15.9 Å². The van der Waals surface area contributed by atoms with Crippen molar-refractivity contribution in [1.29, 1.82) is 0 Å². The molecule has 0 radical (unpaired) electrons. The van der Waals surface area contributed by atoms with Crippen molar-refractivity contribution in [2.24, 2.45) is 0 Å². The average Bonchev–Trinajstić information content (AvgIpc) is 3.20. The van der Waals surface area contributed by atoms with E-state index >= 15 is 0 Å². The fourth-order valence-electron chi connectivity index (χ4n) is 5.30. The van der Waals surface area contributed by atoms with Crippen LogP contribution < -0.4 is 0 Å². The van der Waals surface area contributed by atoms with Gasteiger partial charge in [0.1, 0.15) is 11.9 Å². The number of sulfonamides is 1. The van der Waals surface area contributed by atoms with Crippen molar-refractivity contribution in [2.75, 3.05) is 7.05 Å². The smallest absolute Gasteiger partial charge is 0.248 e. The highest BCUT2D eigenvalue weighted by molar-refractivity contribution is 7.89. The Morgan fingerprint density at radius 2 is 1.69 bits per heavy atom. The summed E-state index contributed by atoms with van der Waals surface area (Å²) in [4.78, 5) is 14.9. The van der Waals surface area contributed by atoms with Crippen LogP contribution in [0.15, 0.2) is 47.4 Å². The van der Waals surface area contributed by atoms with Gasteiger partial charge in [-0.15, -0.1) is 0 Å². The summed E-state index contributed by atoms with van der Waals surface area (Å²) in [5.74, 6) is -3.63. The van der Waals surface area contributed by atoms with Gasteiger partial charge in [-0.2, -0.15) is 4.31 Å². The Hall–Kier alpha value is -2.39. The van der Waals surface area contributed by atoms with Crippen molar-refractivity contribution in [3.63, 3.8) is 0 Å². The molecule has 1 aliphatic carbocycles. The van der Waals surface area contributed by atoms with Crippen LogP contribution in [0.3, 0.4) is 0 Å². The summed E-state index contributed by atoms with van der Waals surface area (Å²) in [5.41, 5.74) is 1.19. The summed E-state index contributed by atoms with van der Waals surface area (Å²) in [6.45, 7) is 3.55. The molecule has 2 fully saturated rings. The fraction of sp³-hybridized carbons (Fsp3) is 0.500. The number of alkyl halides is 2. The Morgan fingerprint density at radius 1 is 1.03 bits per heavy atom. The molecule has 1 saturated carbocycles. The van der Waals surface area contributed by atoms with Crippen molar-refractivity contribution in [2.45, 2.75) is 81.3 Å². The number of hydrogen-bond donors (Lipinski definition) is 0. The largest absolute Gasteiger partial charge is 0.341 e. The summed E-state index contributed by atoms with van der Waals surface area (Å²) in [6, 6.07) is 9.03. The van der Waals surface area contributed by atoms with Crippen LogP contribution in [-0.2, 0) is 14.8 Å². The second-order valence-corrected chi connectivity index (χ2v) is 11.6. The maximum absolute atomic E-state index is 14.7. The molecule has 0 unspecified atom stereocenters. The van der Waals surface area contributed by atoms with E-state index in [0.29, 0.717) is 12.8 Å². The van der Waals surface area contributed by atoms with Crippen LogP contribution in [0.2, 0.25) is 0 Å². The molecule has 1 heterocycles. The molecule has 5 nitrogen and oxygen atoms in total. The van der Waals surface area contributed by atoms with Gasteiger partial charge >= 0.3 is 0 Å². The molecule has 1 aliphatic heterocycles. The maximum atomic E-state index is 14.7. The molecule has 2 aliphatic rings. The lowest BCUT2D eigenvalue weighted by Gasteiger charge is -2.37. The quantitative estimate of drug-likeness (QED) is 0.545. The van der Waals surface area contributed by atoms with E-state index in [2.05, 4.69) is 0 Å². The predicted octanol–water partition coefficient (Wildman–Crippen LogP) is 5.38. The number of benzene rings is 2. The van der Waals surface area contributed by atoms with Gasteiger partial charge in [-0.1, -0.05) is 29.8 Å². The molecule has 2 atom stereocenters. The minimum Gasteiger partial charge on any atom is -0.341 e. The third-order valence-corrected chi connectivity index (χ3v) is 9.40. The topological polar surface area (TPSA) is 57.7 Å². The van der Waals surface area contributed by atoms with Gasteiger partial charge in [-0.25, -0.2) is 21.6 Å². The van der Waals surface area contributed by atoms with Crippen molar-refractivity contribution in [1.82, 2.24) is 9.21 Å². The lowest BCUT2D eigenvalue weighted by molar-refractivity contribution is -0.138. The van der Waals surface area contributed by atoms with E-state index in [1.807, 2.05) is 0 Å². The molecule has 1 amide bonds. The molecule has 190 valence electrons. The Balaban J connectivity index is 1.68. The first kappa shape index (κ1) is 25.7. The summed E-state index contributed by atoms with van der Waals surface area (Å²) < 4.78 is 71.1. The molecule has 0 bridgehead atoms. The Morgan fingerprint density at radius 3 is 2.34 bits per heavy atom. The normalized spacial score (nSPS) is 23.4. The van der Waals surface area contributed by atoms with E-state index in [9.17, 15) is 26.4 Å². The van der Waals surface area contributed by atoms with Crippen LogP contribution in [0.1, 0.15) is 51.0 Å².